The summed E-state index contributed by atoms with van der Waals surface area (Å²) in [6, 6.07) is 5.25. The van der Waals surface area contributed by atoms with Crippen molar-refractivity contribution in [3.05, 3.63) is 34.2 Å². The molecule has 1 aromatic carbocycles. The lowest BCUT2D eigenvalue weighted by Gasteiger charge is -2.07. The molecular formula is C12H14N2O3. The zero-order valence-electron chi connectivity index (χ0n) is 9.73. The number of carbonyl (C=O) groups is 1. The molecule has 0 saturated carbocycles. The number of imidazole rings is 1. The second kappa shape index (κ2) is 4.08. The van der Waals surface area contributed by atoms with Crippen LogP contribution >= 0.6 is 0 Å². The Bertz CT molecular complexity index is 622. The fraction of sp³-hybridized carbons (Fsp3) is 0.333. The van der Waals surface area contributed by atoms with Gasteiger partial charge in [0.2, 0.25) is 0 Å². The molecule has 1 heterocycles. The first kappa shape index (κ1) is 11.4. The Morgan fingerprint density at radius 1 is 1.47 bits per heavy atom. The highest BCUT2D eigenvalue weighted by molar-refractivity contribution is 5.78. The van der Waals surface area contributed by atoms with Crippen LogP contribution in [0.4, 0.5) is 0 Å². The van der Waals surface area contributed by atoms with E-state index in [1.165, 1.54) is 0 Å². The molecule has 5 nitrogen and oxygen atoms in total. The largest absolute Gasteiger partial charge is 0.481 e. The number of aromatic amines is 1. The van der Waals surface area contributed by atoms with Crippen LogP contribution in [-0.2, 0) is 11.2 Å². The highest BCUT2D eigenvalue weighted by atomic mass is 16.4. The van der Waals surface area contributed by atoms with Gasteiger partial charge >= 0.3 is 11.7 Å². The van der Waals surface area contributed by atoms with Crippen LogP contribution in [0.15, 0.2) is 23.0 Å². The van der Waals surface area contributed by atoms with Gasteiger partial charge < -0.3 is 10.1 Å². The summed E-state index contributed by atoms with van der Waals surface area (Å²) in [5.41, 5.74) is 2.02. The molecule has 0 aliphatic heterocycles. The minimum absolute atomic E-state index is 0.0343. The number of hydrogen-bond donors (Lipinski definition) is 2. The Balaban J connectivity index is 2.62. The molecule has 90 valence electrons. The van der Waals surface area contributed by atoms with Gasteiger partial charge in [0, 0.05) is 6.04 Å². The van der Waals surface area contributed by atoms with Crippen molar-refractivity contribution >= 4 is 17.0 Å². The number of aromatic nitrogens is 2. The van der Waals surface area contributed by atoms with Crippen LogP contribution in [0, 0.1) is 0 Å². The molecule has 0 saturated heterocycles. The lowest BCUT2D eigenvalue weighted by atomic mass is 10.1. The van der Waals surface area contributed by atoms with E-state index in [0.29, 0.717) is 5.56 Å². The zero-order valence-corrected chi connectivity index (χ0v) is 9.73. The van der Waals surface area contributed by atoms with E-state index < -0.39 is 5.97 Å². The standard InChI is InChI=1S/C12H14N2O3/c1-7(2)14-10-5-8(6-11(15)16)3-4-9(10)13-12(14)17/h3-5,7H,6H2,1-2H3,(H,13,17)(H,15,16). The molecule has 2 aromatic rings. The molecule has 5 heteroatoms. The molecule has 0 aliphatic carbocycles. The van der Waals surface area contributed by atoms with Crippen molar-refractivity contribution in [3.63, 3.8) is 0 Å². The average molecular weight is 234 g/mol. The Hall–Kier alpha value is -2.04. The van der Waals surface area contributed by atoms with Crippen molar-refractivity contribution in [1.29, 1.82) is 0 Å². The fourth-order valence-corrected chi connectivity index (χ4v) is 1.96. The van der Waals surface area contributed by atoms with Gasteiger partial charge in [-0.3, -0.25) is 9.36 Å². The third-order valence-corrected chi connectivity index (χ3v) is 2.65. The number of rotatable bonds is 3. The van der Waals surface area contributed by atoms with E-state index in [1.807, 2.05) is 13.8 Å². The molecule has 0 spiro atoms. The van der Waals surface area contributed by atoms with E-state index in [9.17, 15) is 9.59 Å². The molecule has 0 radical (unpaired) electrons. The van der Waals surface area contributed by atoms with Crippen molar-refractivity contribution in [2.24, 2.45) is 0 Å². The van der Waals surface area contributed by atoms with E-state index in [2.05, 4.69) is 4.98 Å². The average Bonchev–Trinajstić information content (AvgIpc) is 2.52. The Morgan fingerprint density at radius 2 is 2.18 bits per heavy atom. The van der Waals surface area contributed by atoms with Gasteiger partial charge in [0.05, 0.1) is 17.5 Å². The van der Waals surface area contributed by atoms with Crippen molar-refractivity contribution in [3.8, 4) is 0 Å². The van der Waals surface area contributed by atoms with Gasteiger partial charge in [-0.2, -0.15) is 0 Å². The highest BCUT2D eigenvalue weighted by Crippen LogP contribution is 2.16. The Labute approximate surface area is 97.7 Å². The van der Waals surface area contributed by atoms with Gasteiger partial charge in [-0.15, -0.1) is 0 Å². The zero-order chi connectivity index (χ0) is 12.6. The van der Waals surface area contributed by atoms with E-state index in [4.69, 9.17) is 5.11 Å². The number of aliphatic carboxylic acids is 1. The molecule has 2 rings (SSSR count). The van der Waals surface area contributed by atoms with Gasteiger partial charge in [0.25, 0.3) is 0 Å². The smallest absolute Gasteiger partial charge is 0.326 e. The van der Waals surface area contributed by atoms with Crippen molar-refractivity contribution in [1.82, 2.24) is 9.55 Å². The third-order valence-electron chi connectivity index (χ3n) is 2.65. The van der Waals surface area contributed by atoms with Crippen LogP contribution in [0.3, 0.4) is 0 Å². The quantitative estimate of drug-likeness (QED) is 0.845. The summed E-state index contributed by atoms with van der Waals surface area (Å²) in [6.07, 6.45) is -0.0343. The van der Waals surface area contributed by atoms with Crippen LogP contribution in [0.1, 0.15) is 25.5 Å². The molecule has 0 unspecified atom stereocenters. The molecule has 17 heavy (non-hydrogen) atoms. The number of nitrogens with zero attached hydrogens (tertiary/aromatic N) is 1. The maximum Gasteiger partial charge on any atom is 0.326 e. The maximum atomic E-state index is 11.7. The van der Waals surface area contributed by atoms with Crippen LogP contribution < -0.4 is 5.69 Å². The minimum atomic E-state index is -0.877. The van der Waals surface area contributed by atoms with Crippen LogP contribution in [0.25, 0.3) is 11.0 Å². The topological polar surface area (TPSA) is 75.1 Å². The molecule has 2 N–H and O–H groups in total. The molecule has 1 aromatic heterocycles. The second-order valence-electron chi connectivity index (χ2n) is 4.32. The summed E-state index contributed by atoms with van der Waals surface area (Å²) < 4.78 is 1.63. The number of fused-ring (bicyclic) bond motifs is 1. The Kier molecular flexibility index (Phi) is 2.75. The van der Waals surface area contributed by atoms with E-state index in [0.717, 1.165) is 11.0 Å². The number of benzene rings is 1. The lowest BCUT2D eigenvalue weighted by Crippen LogP contribution is -2.18. The molecule has 0 bridgehead atoms. The summed E-state index contributed by atoms with van der Waals surface area (Å²) in [5, 5.41) is 8.75. The summed E-state index contributed by atoms with van der Waals surface area (Å²) in [4.78, 5) is 25.1. The number of H-pyrrole nitrogens is 1. The van der Waals surface area contributed by atoms with Crippen LogP contribution in [0.5, 0.6) is 0 Å². The van der Waals surface area contributed by atoms with Gasteiger partial charge in [-0.1, -0.05) is 6.07 Å². The fourth-order valence-electron chi connectivity index (χ4n) is 1.96. The first-order valence-electron chi connectivity index (χ1n) is 5.44. The number of carboxylic acid groups (broad SMARTS) is 1. The van der Waals surface area contributed by atoms with Crippen LogP contribution in [-0.4, -0.2) is 20.6 Å². The maximum absolute atomic E-state index is 11.7. The minimum Gasteiger partial charge on any atom is -0.481 e. The Morgan fingerprint density at radius 3 is 2.76 bits per heavy atom. The molecule has 0 aliphatic rings. The van der Waals surface area contributed by atoms with Gasteiger partial charge in [0.1, 0.15) is 0 Å². The monoisotopic (exact) mass is 234 g/mol. The summed E-state index contributed by atoms with van der Waals surface area (Å²) >= 11 is 0. The molecule has 0 fully saturated rings. The molecule has 0 atom stereocenters. The van der Waals surface area contributed by atoms with Gasteiger partial charge in [0.15, 0.2) is 0 Å². The number of carboxylic acids is 1. The third kappa shape index (κ3) is 2.08. The summed E-state index contributed by atoms with van der Waals surface area (Å²) in [7, 11) is 0. The van der Waals surface area contributed by atoms with Crippen molar-refractivity contribution in [2.45, 2.75) is 26.3 Å². The predicted octanol–water partition coefficient (Wildman–Crippen LogP) is 1.54. The first-order chi connectivity index (χ1) is 7.99. The molecular weight excluding hydrogens is 220 g/mol. The molecule has 0 amide bonds. The van der Waals surface area contributed by atoms with E-state index in [1.54, 1.807) is 22.8 Å². The SMILES string of the molecule is CC(C)n1c(=O)[nH]c2ccc(CC(=O)O)cc21. The summed E-state index contributed by atoms with van der Waals surface area (Å²) in [5.74, 6) is -0.877. The second-order valence-corrected chi connectivity index (χ2v) is 4.32. The predicted molar refractivity (Wildman–Crippen MR) is 64.3 cm³/mol. The van der Waals surface area contributed by atoms with Crippen LogP contribution in [0.2, 0.25) is 0 Å². The highest BCUT2D eigenvalue weighted by Gasteiger charge is 2.10. The van der Waals surface area contributed by atoms with Gasteiger partial charge in [-0.25, -0.2) is 4.79 Å². The number of hydrogen-bond acceptors (Lipinski definition) is 2. The van der Waals surface area contributed by atoms with E-state index >= 15 is 0 Å². The van der Waals surface area contributed by atoms with Gasteiger partial charge in [-0.05, 0) is 31.5 Å². The normalized spacial score (nSPS) is 11.2. The number of nitrogens with one attached hydrogen (secondary N) is 1. The van der Waals surface area contributed by atoms with E-state index in [-0.39, 0.29) is 18.2 Å². The first-order valence-corrected chi connectivity index (χ1v) is 5.44. The van der Waals surface area contributed by atoms with Crippen molar-refractivity contribution in [2.75, 3.05) is 0 Å². The van der Waals surface area contributed by atoms with Crippen molar-refractivity contribution < 1.29 is 9.90 Å². The summed E-state index contributed by atoms with van der Waals surface area (Å²) in [6.45, 7) is 3.83. The lowest BCUT2D eigenvalue weighted by molar-refractivity contribution is -0.136.